The number of anilines is 1. The predicted molar refractivity (Wildman–Crippen MR) is 116 cm³/mol. The van der Waals surface area contributed by atoms with Crippen LogP contribution >= 0.6 is 24.2 Å². The minimum absolute atomic E-state index is 0. The van der Waals surface area contributed by atoms with Crippen LogP contribution in [0.3, 0.4) is 0 Å². The first-order valence-electron chi connectivity index (χ1n) is 9.50. The minimum atomic E-state index is 0. The van der Waals surface area contributed by atoms with E-state index in [4.69, 9.17) is 0 Å². The fourth-order valence-corrected chi connectivity index (χ4v) is 5.05. The lowest BCUT2D eigenvalue weighted by Crippen LogP contribution is -2.31. The molecule has 2 fully saturated rings. The number of carbonyl (C=O) groups excluding carboxylic acids is 1. The molecule has 1 saturated carbocycles. The molecular weight excluding hydrogens is 376 g/mol. The Bertz CT molecular complexity index is 760. The summed E-state index contributed by atoms with van der Waals surface area (Å²) >= 11 is 1.85. The molecule has 0 aromatic heterocycles. The molecule has 2 aliphatic rings. The molecule has 2 unspecified atom stereocenters. The fourth-order valence-electron chi connectivity index (χ4n) is 4.03. The van der Waals surface area contributed by atoms with Gasteiger partial charge in [0.15, 0.2) is 0 Å². The molecule has 3 nitrogen and oxygen atoms in total. The zero-order chi connectivity index (χ0) is 18.0. The van der Waals surface area contributed by atoms with Gasteiger partial charge in [-0.25, -0.2) is 0 Å². The highest BCUT2D eigenvalue weighted by molar-refractivity contribution is 7.99. The molecule has 5 heteroatoms. The second-order valence-corrected chi connectivity index (χ2v) is 8.97. The van der Waals surface area contributed by atoms with E-state index in [0.29, 0.717) is 5.25 Å². The van der Waals surface area contributed by atoms with Gasteiger partial charge in [0.05, 0.1) is 0 Å². The van der Waals surface area contributed by atoms with Crippen LogP contribution in [0.15, 0.2) is 59.5 Å². The van der Waals surface area contributed by atoms with Crippen LogP contribution in [0.25, 0.3) is 0 Å². The van der Waals surface area contributed by atoms with Crippen LogP contribution in [-0.2, 0) is 4.79 Å². The second kappa shape index (κ2) is 8.68. The van der Waals surface area contributed by atoms with E-state index in [1.165, 1.54) is 10.5 Å². The van der Waals surface area contributed by atoms with E-state index >= 15 is 0 Å². The molecule has 144 valence electrons. The molecule has 27 heavy (non-hydrogen) atoms. The SMILES string of the molecule is CC(Sc1ccccc1)c1ccc(NC(=O)C2CC23CCNCC3)cc1.Cl. The maximum atomic E-state index is 12.6. The molecule has 0 radical (unpaired) electrons. The van der Waals surface area contributed by atoms with Gasteiger partial charge in [0.25, 0.3) is 0 Å². The molecule has 1 amide bonds. The number of amides is 1. The molecule has 2 aromatic rings. The summed E-state index contributed by atoms with van der Waals surface area (Å²) in [6, 6.07) is 18.8. The number of benzene rings is 2. The third kappa shape index (κ3) is 4.68. The van der Waals surface area contributed by atoms with E-state index in [0.717, 1.165) is 38.0 Å². The third-order valence-corrected chi connectivity index (χ3v) is 6.98. The van der Waals surface area contributed by atoms with E-state index in [2.05, 4.69) is 54.0 Å². The van der Waals surface area contributed by atoms with E-state index in [-0.39, 0.29) is 29.6 Å². The smallest absolute Gasteiger partial charge is 0.228 e. The Morgan fingerprint density at radius 1 is 1.11 bits per heavy atom. The normalized spacial score (nSPS) is 21.1. The summed E-state index contributed by atoms with van der Waals surface area (Å²) in [6.45, 7) is 4.32. The van der Waals surface area contributed by atoms with Gasteiger partial charge < -0.3 is 10.6 Å². The van der Waals surface area contributed by atoms with Crippen LogP contribution in [0, 0.1) is 11.3 Å². The Kier molecular flexibility index (Phi) is 6.51. The van der Waals surface area contributed by atoms with Crippen molar-refractivity contribution < 1.29 is 4.79 Å². The molecule has 1 aliphatic heterocycles. The van der Waals surface area contributed by atoms with E-state index in [9.17, 15) is 4.79 Å². The van der Waals surface area contributed by atoms with Crippen LogP contribution < -0.4 is 10.6 Å². The Labute approximate surface area is 172 Å². The summed E-state index contributed by atoms with van der Waals surface area (Å²) in [5.41, 5.74) is 2.47. The molecular formula is C22H27ClN2OS. The standard InChI is InChI=1S/C22H26N2OS.ClH/c1-16(26-19-5-3-2-4-6-19)17-7-9-18(10-8-17)24-21(25)20-15-22(20)11-13-23-14-12-22;/h2-10,16,20,23H,11-15H2,1H3,(H,24,25);1H. The van der Waals surface area contributed by atoms with Crippen molar-refractivity contribution in [3.8, 4) is 0 Å². The summed E-state index contributed by atoms with van der Waals surface area (Å²) in [5, 5.41) is 6.89. The molecule has 2 atom stereocenters. The number of hydrogen-bond donors (Lipinski definition) is 2. The topological polar surface area (TPSA) is 41.1 Å². The monoisotopic (exact) mass is 402 g/mol. The summed E-state index contributed by atoms with van der Waals surface area (Å²) in [6.07, 6.45) is 3.33. The van der Waals surface area contributed by atoms with Gasteiger partial charge in [0.2, 0.25) is 5.91 Å². The lowest BCUT2D eigenvalue weighted by Gasteiger charge is -2.23. The van der Waals surface area contributed by atoms with Gasteiger partial charge in [0, 0.05) is 21.8 Å². The van der Waals surface area contributed by atoms with Gasteiger partial charge in [0.1, 0.15) is 0 Å². The molecule has 2 N–H and O–H groups in total. The van der Waals surface area contributed by atoms with E-state index in [1.54, 1.807) is 0 Å². The maximum absolute atomic E-state index is 12.6. The molecule has 1 heterocycles. The Morgan fingerprint density at radius 3 is 2.44 bits per heavy atom. The van der Waals surface area contributed by atoms with Crippen molar-refractivity contribution in [3.63, 3.8) is 0 Å². The van der Waals surface area contributed by atoms with Crippen molar-refractivity contribution in [3.05, 3.63) is 60.2 Å². The van der Waals surface area contributed by atoms with Gasteiger partial charge in [-0.05, 0) is 74.5 Å². The zero-order valence-electron chi connectivity index (χ0n) is 15.6. The molecule has 0 bridgehead atoms. The van der Waals surface area contributed by atoms with Crippen molar-refractivity contribution in [2.45, 2.75) is 36.3 Å². The van der Waals surface area contributed by atoms with Crippen LogP contribution in [0.2, 0.25) is 0 Å². The van der Waals surface area contributed by atoms with Crippen molar-refractivity contribution >= 4 is 35.8 Å². The third-order valence-electron chi connectivity index (χ3n) is 5.81. The lowest BCUT2D eigenvalue weighted by atomic mass is 9.92. The maximum Gasteiger partial charge on any atom is 0.228 e. The number of piperidine rings is 1. The largest absolute Gasteiger partial charge is 0.326 e. The minimum Gasteiger partial charge on any atom is -0.326 e. The van der Waals surface area contributed by atoms with Crippen molar-refractivity contribution in [1.82, 2.24) is 5.32 Å². The van der Waals surface area contributed by atoms with Gasteiger partial charge in [-0.3, -0.25) is 4.79 Å². The predicted octanol–water partition coefficient (Wildman–Crippen LogP) is 5.29. The van der Waals surface area contributed by atoms with E-state index in [1.807, 2.05) is 30.0 Å². The average molecular weight is 403 g/mol. The number of nitrogens with one attached hydrogen (secondary N) is 2. The average Bonchev–Trinajstić information content (AvgIpc) is 3.36. The molecule has 1 saturated heterocycles. The number of rotatable bonds is 5. The highest BCUT2D eigenvalue weighted by Gasteiger charge is 2.57. The van der Waals surface area contributed by atoms with Crippen LogP contribution in [0.4, 0.5) is 5.69 Å². The van der Waals surface area contributed by atoms with Crippen LogP contribution in [0.5, 0.6) is 0 Å². The number of carbonyl (C=O) groups is 1. The number of halogens is 1. The number of hydrogen-bond acceptors (Lipinski definition) is 3. The first-order chi connectivity index (χ1) is 12.7. The summed E-state index contributed by atoms with van der Waals surface area (Å²) in [7, 11) is 0. The highest BCUT2D eigenvalue weighted by Crippen LogP contribution is 2.58. The van der Waals surface area contributed by atoms with Crippen molar-refractivity contribution in [1.29, 1.82) is 0 Å². The lowest BCUT2D eigenvalue weighted by molar-refractivity contribution is -0.118. The van der Waals surface area contributed by atoms with E-state index < -0.39 is 0 Å². The molecule has 4 rings (SSSR count). The number of thioether (sulfide) groups is 1. The molecule has 1 aliphatic carbocycles. The van der Waals surface area contributed by atoms with Gasteiger partial charge >= 0.3 is 0 Å². The molecule has 1 spiro atoms. The van der Waals surface area contributed by atoms with Gasteiger partial charge in [-0.15, -0.1) is 24.2 Å². The van der Waals surface area contributed by atoms with Gasteiger partial charge in [-0.2, -0.15) is 0 Å². The van der Waals surface area contributed by atoms with Crippen molar-refractivity contribution in [2.24, 2.45) is 11.3 Å². The van der Waals surface area contributed by atoms with Crippen LogP contribution in [0.1, 0.15) is 37.0 Å². The second-order valence-electron chi connectivity index (χ2n) is 7.55. The molecule has 2 aromatic carbocycles. The first-order valence-corrected chi connectivity index (χ1v) is 10.4. The Hall–Kier alpha value is -1.49. The summed E-state index contributed by atoms with van der Waals surface area (Å²) in [4.78, 5) is 13.8. The zero-order valence-corrected chi connectivity index (χ0v) is 17.2. The Balaban J connectivity index is 0.00000210. The fraction of sp³-hybridized carbons (Fsp3) is 0.409. The van der Waals surface area contributed by atoms with Gasteiger partial charge in [-0.1, -0.05) is 30.3 Å². The summed E-state index contributed by atoms with van der Waals surface area (Å²) < 4.78 is 0. The quantitative estimate of drug-likeness (QED) is 0.667. The Morgan fingerprint density at radius 2 is 1.78 bits per heavy atom. The summed E-state index contributed by atoms with van der Waals surface area (Å²) in [5.74, 6) is 0.406. The highest BCUT2D eigenvalue weighted by atomic mass is 35.5. The van der Waals surface area contributed by atoms with Crippen LogP contribution in [-0.4, -0.2) is 19.0 Å². The first kappa shape index (κ1) is 20.2. The van der Waals surface area contributed by atoms with Crippen molar-refractivity contribution in [2.75, 3.05) is 18.4 Å².